The summed E-state index contributed by atoms with van der Waals surface area (Å²) in [7, 11) is -3.84. The molecule has 0 spiro atoms. The molecule has 86 valence electrons. The van der Waals surface area contributed by atoms with Crippen LogP contribution >= 0.6 is 0 Å². The summed E-state index contributed by atoms with van der Waals surface area (Å²) in [6, 6.07) is 0. The van der Waals surface area contributed by atoms with E-state index in [1.165, 1.54) is 0 Å². The lowest BCUT2D eigenvalue weighted by molar-refractivity contribution is 0.101. The van der Waals surface area contributed by atoms with Crippen LogP contribution in [0, 0.1) is 0 Å². The highest BCUT2D eigenvalue weighted by atomic mass is 32.2. The van der Waals surface area contributed by atoms with Crippen LogP contribution in [-0.2, 0) is 14.3 Å². The molecule has 0 fully saturated rings. The highest BCUT2D eigenvalue weighted by Gasteiger charge is 2.26. The molecule has 5 N–H and O–H groups in total. The quantitative estimate of drug-likeness (QED) is 0.277. The van der Waals surface area contributed by atoms with Crippen molar-refractivity contribution in [1.29, 1.82) is 0 Å². The van der Waals surface area contributed by atoms with Gasteiger partial charge >= 0.3 is 0 Å². The second-order valence-electron chi connectivity index (χ2n) is 2.94. The zero-order chi connectivity index (χ0) is 11.2. The largest absolute Gasteiger partial charge is 0.394 e. The molecule has 0 bridgehead atoms. The standard InChI is InChI=1S/C6H15NO6S/c7-6(3-8,4-9)1-2-14(11,12)13-5-10/h8-10H,1-5,7H2. The van der Waals surface area contributed by atoms with E-state index in [0.717, 1.165) is 0 Å². The van der Waals surface area contributed by atoms with E-state index >= 15 is 0 Å². The van der Waals surface area contributed by atoms with Gasteiger partial charge in [-0.05, 0) is 6.42 Å². The van der Waals surface area contributed by atoms with Gasteiger partial charge in [0.05, 0.1) is 24.5 Å². The lowest BCUT2D eigenvalue weighted by Gasteiger charge is -2.23. The van der Waals surface area contributed by atoms with Crippen LogP contribution in [0.4, 0.5) is 0 Å². The number of aliphatic hydroxyl groups excluding tert-OH is 3. The summed E-state index contributed by atoms with van der Waals surface area (Å²) in [6.07, 6.45) is -0.150. The van der Waals surface area contributed by atoms with Crippen LogP contribution < -0.4 is 5.73 Å². The zero-order valence-electron chi connectivity index (χ0n) is 7.59. The van der Waals surface area contributed by atoms with Gasteiger partial charge in [0, 0.05) is 0 Å². The van der Waals surface area contributed by atoms with Gasteiger partial charge in [0.25, 0.3) is 10.1 Å². The van der Waals surface area contributed by atoms with E-state index in [2.05, 4.69) is 4.18 Å². The molecule has 0 atom stereocenters. The van der Waals surface area contributed by atoms with Gasteiger partial charge in [0.1, 0.15) is 0 Å². The number of hydrogen-bond donors (Lipinski definition) is 4. The molecule has 0 aliphatic carbocycles. The first kappa shape index (κ1) is 13.8. The van der Waals surface area contributed by atoms with Crippen molar-refractivity contribution in [3.8, 4) is 0 Å². The Hall–Kier alpha value is -0.250. The maximum atomic E-state index is 10.9. The van der Waals surface area contributed by atoms with Crippen LogP contribution in [0.5, 0.6) is 0 Å². The molecule has 0 amide bonds. The Bertz CT molecular complexity index is 247. The van der Waals surface area contributed by atoms with E-state index in [1.807, 2.05) is 0 Å². The number of nitrogens with two attached hydrogens (primary N) is 1. The van der Waals surface area contributed by atoms with Crippen molar-refractivity contribution in [2.45, 2.75) is 12.0 Å². The van der Waals surface area contributed by atoms with Gasteiger partial charge in [0.2, 0.25) is 0 Å². The number of hydrogen-bond acceptors (Lipinski definition) is 7. The van der Waals surface area contributed by atoms with Gasteiger partial charge in [-0.3, -0.25) is 0 Å². The predicted molar refractivity (Wildman–Crippen MR) is 47.7 cm³/mol. The van der Waals surface area contributed by atoms with E-state index in [9.17, 15) is 8.42 Å². The molecule has 0 aliphatic rings. The maximum Gasteiger partial charge on any atom is 0.269 e. The summed E-state index contributed by atoms with van der Waals surface area (Å²) in [5, 5.41) is 25.7. The van der Waals surface area contributed by atoms with E-state index in [-0.39, 0.29) is 6.42 Å². The molecule has 0 aromatic carbocycles. The van der Waals surface area contributed by atoms with Crippen molar-refractivity contribution in [2.24, 2.45) is 5.73 Å². The van der Waals surface area contributed by atoms with Crippen molar-refractivity contribution in [1.82, 2.24) is 0 Å². The second kappa shape index (κ2) is 5.59. The predicted octanol–water partition coefficient (Wildman–Crippen LogP) is -2.65. The fourth-order valence-corrected chi connectivity index (χ4v) is 1.61. The van der Waals surface area contributed by atoms with E-state index < -0.39 is 41.4 Å². The molecule has 14 heavy (non-hydrogen) atoms. The van der Waals surface area contributed by atoms with E-state index in [4.69, 9.17) is 21.1 Å². The molecule has 0 aromatic heterocycles. The van der Waals surface area contributed by atoms with Gasteiger partial charge in [0.15, 0.2) is 6.79 Å². The first-order valence-electron chi connectivity index (χ1n) is 3.88. The molecule has 0 rings (SSSR count). The Morgan fingerprint density at radius 3 is 2.07 bits per heavy atom. The lowest BCUT2D eigenvalue weighted by Crippen LogP contribution is -2.48. The minimum absolute atomic E-state index is 0.150. The highest BCUT2D eigenvalue weighted by molar-refractivity contribution is 7.86. The van der Waals surface area contributed by atoms with Crippen molar-refractivity contribution in [2.75, 3.05) is 25.8 Å². The fraction of sp³-hybridized carbons (Fsp3) is 1.00. The van der Waals surface area contributed by atoms with Gasteiger partial charge in [-0.15, -0.1) is 0 Å². The van der Waals surface area contributed by atoms with Crippen LogP contribution in [-0.4, -0.2) is 55.0 Å². The summed E-state index contributed by atoms with van der Waals surface area (Å²) in [5.74, 6) is -0.467. The molecular formula is C6H15NO6S. The molecule has 0 saturated heterocycles. The third kappa shape index (κ3) is 4.84. The molecule has 8 heteroatoms. The monoisotopic (exact) mass is 229 g/mol. The van der Waals surface area contributed by atoms with Crippen LogP contribution in [0.1, 0.15) is 6.42 Å². The maximum absolute atomic E-state index is 10.9. The molecule has 0 heterocycles. The number of aliphatic hydroxyl groups is 3. The average Bonchev–Trinajstić information content (AvgIpc) is 2.14. The van der Waals surface area contributed by atoms with E-state index in [0.29, 0.717) is 0 Å². The van der Waals surface area contributed by atoms with Crippen LogP contribution in [0.2, 0.25) is 0 Å². The summed E-state index contributed by atoms with van der Waals surface area (Å²) in [5.41, 5.74) is 4.08. The van der Waals surface area contributed by atoms with Crippen LogP contribution in [0.25, 0.3) is 0 Å². The van der Waals surface area contributed by atoms with Crippen molar-refractivity contribution >= 4 is 10.1 Å². The molecule has 0 saturated carbocycles. The van der Waals surface area contributed by atoms with Crippen molar-refractivity contribution in [3.63, 3.8) is 0 Å². The molecular weight excluding hydrogens is 214 g/mol. The first-order valence-corrected chi connectivity index (χ1v) is 5.45. The molecule has 7 nitrogen and oxygen atoms in total. The Morgan fingerprint density at radius 1 is 1.21 bits per heavy atom. The minimum Gasteiger partial charge on any atom is -0.394 e. The number of rotatable bonds is 7. The summed E-state index contributed by atoms with van der Waals surface area (Å²) >= 11 is 0. The van der Waals surface area contributed by atoms with Gasteiger partial charge in [-0.1, -0.05) is 0 Å². The van der Waals surface area contributed by atoms with E-state index in [1.54, 1.807) is 0 Å². The minimum atomic E-state index is -3.84. The highest BCUT2D eigenvalue weighted by Crippen LogP contribution is 2.08. The molecule has 0 unspecified atom stereocenters. The van der Waals surface area contributed by atoms with Gasteiger partial charge < -0.3 is 21.1 Å². The third-order valence-electron chi connectivity index (χ3n) is 1.71. The zero-order valence-corrected chi connectivity index (χ0v) is 8.40. The topological polar surface area (TPSA) is 130 Å². The SMILES string of the molecule is NC(CO)(CO)CCS(=O)(=O)OCO. The van der Waals surface area contributed by atoms with Crippen LogP contribution in [0.15, 0.2) is 0 Å². The fourth-order valence-electron chi connectivity index (χ4n) is 0.676. The normalized spacial score (nSPS) is 13.1. The molecule has 0 aromatic rings. The smallest absolute Gasteiger partial charge is 0.269 e. The molecule has 0 radical (unpaired) electrons. The Kier molecular flexibility index (Phi) is 5.49. The third-order valence-corrected chi connectivity index (χ3v) is 2.88. The second-order valence-corrected chi connectivity index (χ2v) is 4.70. The lowest BCUT2D eigenvalue weighted by atomic mass is 10.0. The summed E-state index contributed by atoms with van der Waals surface area (Å²) in [4.78, 5) is 0. The Balaban J connectivity index is 4.16. The van der Waals surface area contributed by atoms with Gasteiger partial charge in [-0.2, -0.15) is 8.42 Å². The Labute approximate surface area is 82.2 Å². The Morgan fingerprint density at radius 2 is 1.71 bits per heavy atom. The molecule has 0 aliphatic heterocycles. The van der Waals surface area contributed by atoms with Crippen LogP contribution in [0.3, 0.4) is 0 Å². The summed E-state index contributed by atoms with van der Waals surface area (Å²) < 4.78 is 25.8. The van der Waals surface area contributed by atoms with Crippen molar-refractivity contribution < 1.29 is 27.9 Å². The van der Waals surface area contributed by atoms with Gasteiger partial charge in [-0.25, -0.2) is 4.18 Å². The van der Waals surface area contributed by atoms with Crippen molar-refractivity contribution in [3.05, 3.63) is 0 Å². The average molecular weight is 229 g/mol. The summed E-state index contributed by atoms with van der Waals surface area (Å²) in [6.45, 7) is -1.99. The first-order chi connectivity index (χ1) is 6.39.